The van der Waals surface area contributed by atoms with Crippen LogP contribution in [0.5, 0.6) is 11.6 Å². The molecule has 0 spiro atoms. The van der Waals surface area contributed by atoms with Crippen LogP contribution in [0.25, 0.3) is 11.3 Å². The third-order valence-electron chi connectivity index (χ3n) is 4.08. The molecule has 0 amide bonds. The van der Waals surface area contributed by atoms with E-state index in [-0.39, 0.29) is 0 Å². The Balaban J connectivity index is 1.81. The minimum absolute atomic E-state index is 0.409. The summed E-state index contributed by atoms with van der Waals surface area (Å²) in [5, 5.41) is 12.7. The standard InChI is InChI=1S/C19H17BrN4O2S/c1-3-27-19-22-18-16(23-24-19)14-10-12(20)6-9-15(14)21-17(26-18)11-4-7-13(25-2)8-5-11/h4-10,17,21H,3H2,1-2H3/t17-/m0/s1. The van der Waals surface area contributed by atoms with Crippen LogP contribution in [0.4, 0.5) is 5.69 Å². The first-order chi connectivity index (χ1) is 13.2. The van der Waals surface area contributed by atoms with Gasteiger partial charge in [0, 0.05) is 21.3 Å². The number of anilines is 1. The van der Waals surface area contributed by atoms with E-state index in [1.807, 2.05) is 42.5 Å². The predicted molar refractivity (Wildman–Crippen MR) is 109 cm³/mol. The lowest BCUT2D eigenvalue weighted by molar-refractivity contribution is 0.225. The van der Waals surface area contributed by atoms with Crippen molar-refractivity contribution in [3.63, 3.8) is 0 Å². The number of methoxy groups -OCH3 is 1. The number of fused-ring (bicyclic) bond motifs is 3. The van der Waals surface area contributed by atoms with Gasteiger partial charge in [0.2, 0.25) is 11.0 Å². The Kier molecular flexibility index (Phi) is 5.18. The van der Waals surface area contributed by atoms with Crippen molar-refractivity contribution in [1.29, 1.82) is 0 Å². The molecule has 3 aromatic rings. The summed E-state index contributed by atoms with van der Waals surface area (Å²) in [4.78, 5) is 4.59. The van der Waals surface area contributed by atoms with Gasteiger partial charge in [0.15, 0.2) is 11.9 Å². The van der Waals surface area contributed by atoms with Crippen LogP contribution in [0, 0.1) is 0 Å². The van der Waals surface area contributed by atoms with Gasteiger partial charge in [-0.25, -0.2) is 0 Å². The summed E-state index contributed by atoms with van der Waals surface area (Å²) in [6.45, 7) is 2.05. The molecule has 2 heterocycles. The van der Waals surface area contributed by atoms with Crippen LogP contribution in [0.3, 0.4) is 0 Å². The van der Waals surface area contributed by atoms with E-state index < -0.39 is 6.23 Å². The van der Waals surface area contributed by atoms with Crippen LogP contribution in [0.2, 0.25) is 0 Å². The van der Waals surface area contributed by atoms with Crippen molar-refractivity contribution >= 4 is 33.4 Å². The average molecular weight is 445 g/mol. The highest BCUT2D eigenvalue weighted by Gasteiger charge is 2.26. The van der Waals surface area contributed by atoms with E-state index in [9.17, 15) is 0 Å². The molecule has 138 valence electrons. The Hall–Kier alpha value is -2.32. The normalized spacial score (nSPS) is 15.0. The van der Waals surface area contributed by atoms with Crippen LogP contribution in [-0.4, -0.2) is 28.0 Å². The molecule has 1 N–H and O–H groups in total. The fraction of sp³-hybridized carbons (Fsp3) is 0.211. The average Bonchev–Trinajstić information content (AvgIpc) is 2.84. The third kappa shape index (κ3) is 3.72. The molecule has 4 rings (SSSR count). The van der Waals surface area contributed by atoms with Gasteiger partial charge in [-0.2, -0.15) is 4.98 Å². The summed E-state index contributed by atoms with van der Waals surface area (Å²) >= 11 is 5.06. The number of aromatic nitrogens is 3. The molecule has 6 nitrogen and oxygen atoms in total. The Labute approximate surface area is 169 Å². The van der Waals surface area contributed by atoms with Crippen molar-refractivity contribution < 1.29 is 9.47 Å². The van der Waals surface area contributed by atoms with Crippen LogP contribution in [0.15, 0.2) is 52.1 Å². The molecule has 0 bridgehead atoms. The number of nitrogens with one attached hydrogen (secondary N) is 1. The summed E-state index contributed by atoms with van der Waals surface area (Å²) in [5.41, 5.74) is 3.38. The first-order valence-corrected chi connectivity index (χ1v) is 10.2. The zero-order valence-electron chi connectivity index (χ0n) is 14.8. The molecule has 0 saturated carbocycles. The molecule has 2 aromatic carbocycles. The van der Waals surface area contributed by atoms with E-state index in [4.69, 9.17) is 9.47 Å². The van der Waals surface area contributed by atoms with Crippen LogP contribution < -0.4 is 14.8 Å². The number of thioether (sulfide) groups is 1. The van der Waals surface area contributed by atoms with Gasteiger partial charge in [0.25, 0.3) is 0 Å². The van der Waals surface area contributed by atoms with Gasteiger partial charge in [-0.15, -0.1) is 10.2 Å². The molecule has 0 radical (unpaired) electrons. The zero-order valence-corrected chi connectivity index (χ0v) is 17.2. The number of hydrogen-bond donors (Lipinski definition) is 1. The molecule has 27 heavy (non-hydrogen) atoms. The van der Waals surface area contributed by atoms with Gasteiger partial charge in [0.05, 0.1) is 7.11 Å². The highest BCUT2D eigenvalue weighted by atomic mass is 79.9. The Bertz CT molecular complexity index is 968. The number of rotatable bonds is 4. The third-order valence-corrected chi connectivity index (χ3v) is 5.29. The number of ether oxygens (including phenoxy) is 2. The maximum atomic E-state index is 6.23. The minimum Gasteiger partial charge on any atom is -0.497 e. The van der Waals surface area contributed by atoms with Crippen molar-refractivity contribution in [3.8, 4) is 22.9 Å². The summed E-state index contributed by atoms with van der Waals surface area (Å²) < 4.78 is 12.4. The summed E-state index contributed by atoms with van der Waals surface area (Å²) in [7, 11) is 1.65. The lowest BCUT2D eigenvalue weighted by Gasteiger charge is -2.19. The van der Waals surface area contributed by atoms with Gasteiger partial charge < -0.3 is 14.8 Å². The Morgan fingerprint density at radius 3 is 2.74 bits per heavy atom. The molecule has 1 atom stereocenters. The number of halogens is 1. The second-order valence-corrected chi connectivity index (χ2v) is 7.93. The molecule has 1 aliphatic heterocycles. The van der Waals surface area contributed by atoms with E-state index in [2.05, 4.69) is 43.4 Å². The van der Waals surface area contributed by atoms with Crippen molar-refractivity contribution in [3.05, 3.63) is 52.5 Å². The SMILES string of the molecule is CCSc1nnc2c(n1)O[C@@H](c1ccc(OC)cc1)Nc1ccc(Br)cc1-2. The second-order valence-electron chi connectivity index (χ2n) is 5.79. The highest BCUT2D eigenvalue weighted by molar-refractivity contribution is 9.10. The molecule has 0 saturated heterocycles. The van der Waals surface area contributed by atoms with Gasteiger partial charge in [-0.05, 0) is 48.2 Å². The topological polar surface area (TPSA) is 69.2 Å². The number of benzene rings is 2. The first kappa shape index (κ1) is 18.1. The minimum atomic E-state index is -0.409. The smallest absolute Gasteiger partial charge is 0.247 e. The van der Waals surface area contributed by atoms with Gasteiger partial charge in [0.1, 0.15) is 5.75 Å². The van der Waals surface area contributed by atoms with Crippen molar-refractivity contribution in [2.75, 3.05) is 18.2 Å². The van der Waals surface area contributed by atoms with E-state index in [1.54, 1.807) is 7.11 Å². The van der Waals surface area contributed by atoms with Crippen LogP contribution in [-0.2, 0) is 0 Å². The van der Waals surface area contributed by atoms with Crippen LogP contribution in [0.1, 0.15) is 18.7 Å². The number of hydrogen-bond acceptors (Lipinski definition) is 7. The molecule has 1 aromatic heterocycles. The monoisotopic (exact) mass is 444 g/mol. The fourth-order valence-electron chi connectivity index (χ4n) is 2.79. The molecule has 0 aliphatic carbocycles. The van der Waals surface area contributed by atoms with Crippen molar-refractivity contribution in [2.24, 2.45) is 0 Å². The fourth-order valence-corrected chi connectivity index (χ4v) is 3.66. The Morgan fingerprint density at radius 1 is 1.19 bits per heavy atom. The lowest BCUT2D eigenvalue weighted by Crippen LogP contribution is -2.17. The molecule has 0 fully saturated rings. The number of nitrogens with zero attached hydrogens (tertiary/aromatic N) is 3. The zero-order chi connectivity index (χ0) is 18.8. The summed E-state index contributed by atoms with van der Waals surface area (Å²) in [6.07, 6.45) is -0.409. The summed E-state index contributed by atoms with van der Waals surface area (Å²) in [6, 6.07) is 13.7. The molecule has 8 heteroatoms. The quantitative estimate of drug-likeness (QED) is 0.572. The van der Waals surface area contributed by atoms with Gasteiger partial charge >= 0.3 is 0 Å². The lowest BCUT2D eigenvalue weighted by atomic mass is 10.1. The molecular formula is C19H17BrN4O2S. The summed E-state index contributed by atoms with van der Waals surface area (Å²) in [5.74, 6) is 2.12. The largest absolute Gasteiger partial charge is 0.497 e. The predicted octanol–water partition coefficient (Wildman–Crippen LogP) is 4.92. The van der Waals surface area contributed by atoms with Crippen molar-refractivity contribution in [1.82, 2.24) is 15.2 Å². The van der Waals surface area contributed by atoms with Gasteiger partial charge in [-0.1, -0.05) is 34.6 Å². The maximum absolute atomic E-state index is 6.23. The van der Waals surface area contributed by atoms with E-state index in [1.165, 1.54) is 11.8 Å². The van der Waals surface area contributed by atoms with Gasteiger partial charge in [-0.3, -0.25) is 0 Å². The molecule has 0 unspecified atom stereocenters. The first-order valence-electron chi connectivity index (χ1n) is 8.42. The van der Waals surface area contributed by atoms with E-state index in [0.29, 0.717) is 16.7 Å². The second kappa shape index (κ2) is 7.74. The van der Waals surface area contributed by atoms with Crippen molar-refractivity contribution in [2.45, 2.75) is 18.3 Å². The molecule has 1 aliphatic rings. The Morgan fingerprint density at radius 2 is 2.00 bits per heavy atom. The maximum Gasteiger partial charge on any atom is 0.247 e. The highest BCUT2D eigenvalue weighted by Crippen LogP contribution is 2.40. The van der Waals surface area contributed by atoms with E-state index in [0.717, 1.165) is 32.8 Å². The van der Waals surface area contributed by atoms with E-state index >= 15 is 0 Å². The van der Waals surface area contributed by atoms with Crippen LogP contribution >= 0.6 is 27.7 Å². The molecular weight excluding hydrogens is 428 g/mol.